The molecule has 0 amide bonds. The molecule has 7 atom stereocenters. The highest BCUT2D eigenvalue weighted by Crippen LogP contribution is 2.52. The molecular formula is C81H73N2O4P5S2. The van der Waals surface area contributed by atoms with Crippen LogP contribution < -0.4 is 36.0 Å². The zero-order valence-corrected chi connectivity index (χ0v) is 61.0. The van der Waals surface area contributed by atoms with Crippen molar-refractivity contribution < 1.29 is 19.7 Å². The molecule has 14 aromatic rings. The van der Waals surface area contributed by atoms with Crippen LogP contribution >= 0.6 is 68.9 Å². The number of aromatic hydroxyl groups is 2. The fourth-order valence-electron chi connectivity index (χ4n) is 15.3. The quantitative estimate of drug-likeness (QED) is 0.172. The molecule has 13 heteroatoms. The van der Waals surface area contributed by atoms with Crippen molar-refractivity contribution in [2.24, 2.45) is 0 Å². The lowest BCUT2D eigenvalue weighted by molar-refractivity contribution is 0.267. The second-order valence-electron chi connectivity index (χ2n) is 25.7. The van der Waals surface area contributed by atoms with Crippen LogP contribution in [0, 0.1) is 48.5 Å². The first kappa shape index (κ1) is 62.7. The van der Waals surface area contributed by atoms with Gasteiger partial charge in [0, 0.05) is 66.4 Å². The van der Waals surface area contributed by atoms with Crippen LogP contribution in [0.25, 0.3) is 98.1 Å². The van der Waals surface area contributed by atoms with Crippen molar-refractivity contribution in [3.05, 3.63) is 242 Å². The minimum atomic E-state index is -0.251. The largest absolute Gasteiger partial charge is 0.504 e. The predicted molar refractivity (Wildman–Crippen MR) is 419 cm³/mol. The van der Waals surface area contributed by atoms with Crippen molar-refractivity contribution in [3.8, 4) is 77.5 Å². The summed E-state index contributed by atoms with van der Waals surface area (Å²) in [5, 5.41) is 41.5. The molecule has 0 spiro atoms. The number of benzene rings is 10. The lowest BCUT2D eigenvalue weighted by atomic mass is 9.72. The summed E-state index contributed by atoms with van der Waals surface area (Å²) in [6.45, 7) is 16.4. The molecule has 10 aromatic carbocycles. The Labute approximate surface area is 569 Å². The molecule has 94 heavy (non-hydrogen) atoms. The number of rotatable bonds is 4. The number of nitrogens with zero attached hydrogens (tertiary/aromatic N) is 2. The van der Waals surface area contributed by atoms with Crippen LogP contribution in [0.4, 0.5) is 0 Å². The summed E-state index contributed by atoms with van der Waals surface area (Å²) in [6.07, 6.45) is 1.48. The first-order valence-corrected chi connectivity index (χ1v) is 36.5. The second kappa shape index (κ2) is 25.0. The average molecular weight is 1360 g/mol. The van der Waals surface area contributed by atoms with E-state index in [1.165, 1.54) is 61.2 Å². The summed E-state index contributed by atoms with van der Waals surface area (Å²) in [4.78, 5) is 0. The summed E-state index contributed by atoms with van der Waals surface area (Å²) in [6, 6.07) is 62.4. The van der Waals surface area contributed by atoms with Gasteiger partial charge in [0.1, 0.15) is 21.5 Å². The van der Waals surface area contributed by atoms with Crippen molar-refractivity contribution in [3.63, 3.8) is 0 Å². The van der Waals surface area contributed by atoms with Crippen molar-refractivity contribution >= 4 is 139 Å². The molecule has 12 bridgehead atoms. The van der Waals surface area contributed by atoms with Crippen LogP contribution in [0.2, 0.25) is 0 Å². The maximum absolute atomic E-state index is 12.9. The molecule has 4 aromatic heterocycles. The summed E-state index contributed by atoms with van der Waals surface area (Å²) in [5.41, 5.74) is 25.0. The van der Waals surface area contributed by atoms with Gasteiger partial charge in [-0.3, -0.25) is 9.13 Å². The summed E-state index contributed by atoms with van der Waals surface area (Å²) in [5.74, 6) is 1.32. The van der Waals surface area contributed by atoms with Gasteiger partial charge >= 0.3 is 0 Å². The van der Waals surface area contributed by atoms with Gasteiger partial charge in [0.15, 0.2) is 11.5 Å². The lowest BCUT2D eigenvalue weighted by Crippen LogP contribution is -2.27. The van der Waals surface area contributed by atoms with E-state index >= 15 is 0 Å². The van der Waals surface area contributed by atoms with Gasteiger partial charge in [0.25, 0.3) is 0 Å². The number of aromatic nitrogens is 2. The molecule has 468 valence electrons. The third-order valence-electron chi connectivity index (χ3n) is 19.2. The van der Waals surface area contributed by atoms with Gasteiger partial charge in [-0.1, -0.05) is 120 Å². The van der Waals surface area contributed by atoms with E-state index in [1.54, 1.807) is 22.7 Å². The number of thiophene rings is 2. The Morgan fingerprint density at radius 3 is 1.27 bits per heavy atom. The Balaban J connectivity index is 1.05. The highest BCUT2D eigenvalue weighted by Gasteiger charge is 2.35. The molecule has 4 aliphatic heterocycles. The molecule has 6 nitrogen and oxygen atoms in total. The Hall–Kier alpha value is -7.45. The van der Waals surface area contributed by atoms with Gasteiger partial charge in [0.2, 0.25) is 0 Å². The number of aryl methyl sites for hydroxylation is 7. The van der Waals surface area contributed by atoms with E-state index in [0.29, 0.717) is 24.7 Å². The Morgan fingerprint density at radius 1 is 0.394 bits per heavy atom. The monoisotopic (exact) mass is 1360 g/mol. The topological polar surface area (TPSA) is 68.8 Å². The van der Waals surface area contributed by atoms with Crippen molar-refractivity contribution in [1.29, 1.82) is 0 Å². The molecule has 4 aliphatic rings. The first-order chi connectivity index (χ1) is 45.4. The van der Waals surface area contributed by atoms with Crippen LogP contribution in [-0.2, 0) is 0 Å². The van der Waals surface area contributed by atoms with Gasteiger partial charge in [-0.25, -0.2) is 0 Å². The Morgan fingerprint density at radius 2 is 0.787 bits per heavy atom. The third-order valence-corrected chi connectivity index (χ3v) is 23.3. The molecule has 0 aliphatic carbocycles. The summed E-state index contributed by atoms with van der Waals surface area (Å²) in [7, 11) is 15.4. The Bertz CT molecular complexity index is 5010. The van der Waals surface area contributed by atoms with Crippen LogP contribution in [-0.4, -0.2) is 32.6 Å². The molecule has 0 saturated carbocycles. The van der Waals surface area contributed by atoms with Crippen molar-refractivity contribution in [1.82, 2.24) is 9.13 Å². The maximum Gasteiger partial charge on any atom is 0.158 e. The predicted octanol–water partition coefficient (Wildman–Crippen LogP) is 19.3. The second-order valence-corrected chi connectivity index (χ2v) is 30.5. The molecule has 0 saturated heterocycles. The number of fused-ring (bicyclic) bond motifs is 2. The highest BCUT2D eigenvalue weighted by molar-refractivity contribution is 7.30. The van der Waals surface area contributed by atoms with E-state index < -0.39 is 0 Å². The standard InChI is InChI=1S/C81H73N2O4P5S2/c1-42-28-45(4)73(68(89)30-42)50-19-23-63-57(37-50)58-38-51-20-24-64(58)83(63)81-79(85)61(41-94-81)55-15-9-11-17-67(55)87-27-13-12-26-86-66-16-10-8-14-54(66)60-40-93-80(78(60)84)82-62-22-18-49(72-47(6)34-53(88)35-48(72)7)36-56(62)59-39-52(21-25-65(59)82)76(77-70(91)32-44(3)33-71(77)92)75(51)74-46(5)29-43(2)31-69(74)90/h8-11,14-25,28-41,75-76,84-85H,12-13,26-27,88-92H2,1-7H3/t75?,76-/m0/s1. The number of hydrogen-bond donors (Lipinski definition) is 2. The van der Waals surface area contributed by atoms with Crippen LogP contribution in [0.15, 0.2) is 181 Å². The number of ether oxygens (including phenoxy) is 2. The van der Waals surface area contributed by atoms with Crippen LogP contribution in [0.3, 0.4) is 0 Å². The molecule has 8 heterocycles. The van der Waals surface area contributed by atoms with E-state index in [4.69, 9.17) is 9.47 Å². The van der Waals surface area contributed by atoms with Crippen molar-refractivity contribution in [2.75, 3.05) is 13.2 Å². The van der Waals surface area contributed by atoms with Crippen LogP contribution in [0.5, 0.6) is 23.0 Å². The lowest BCUT2D eigenvalue weighted by Gasteiger charge is -2.34. The smallest absolute Gasteiger partial charge is 0.158 e. The molecule has 18 rings (SSSR count). The molecule has 0 fully saturated rings. The summed E-state index contributed by atoms with van der Waals surface area (Å²) >= 11 is 3.09. The Kier molecular flexibility index (Phi) is 16.6. The van der Waals surface area contributed by atoms with E-state index in [0.717, 1.165) is 137 Å². The van der Waals surface area contributed by atoms with Crippen LogP contribution in [0.1, 0.15) is 85.9 Å². The fraction of sp³-hybridized carbons (Fsp3) is 0.160. The number of hydrogen-bond acceptors (Lipinski definition) is 6. The van der Waals surface area contributed by atoms with E-state index in [9.17, 15) is 10.2 Å². The molecule has 0 radical (unpaired) electrons. The van der Waals surface area contributed by atoms with Crippen molar-refractivity contribution in [2.45, 2.75) is 73.1 Å². The van der Waals surface area contributed by atoms with Gasteiger partial charge in [-0.05, 0) is 221 Å². The average Bonchev–Trinajstić information content (AvgIpc) is 0.976. The fourth-order valence-corrected chi connectivity index (χ4v) is 20.5. The highest BCUT2D eigenvalue weighted by atomic mass is 32.1. The van der Waals surface area contributed by atoms with Gasteiger partial charge in [-0.2, -0.15) is 0 Å². The minimum absolute atomic E-state index is 0.201. The molecular weight excluding hydrogens is 1280 g/mol. The van der Waals surface area contributed by atoms with Gasteiger partial charge in [-0.15, -0.1) is 68.9 Å². The van der Waals surface area contributed by atoms with Gasteiger partial charge in [0.05, 0.1) is 35.3 Å². The SMILES string of the molecule is Cc1cc(C)c(-c2ccc3c(c2)c2cc4ccc2n3-c2scc(c2O)-c2ccccc2OCCCCOc2ccccc2-c2csc(c2O)-n2c3ccc(-c5c(C)cc(P)cc5C)cc3c3cc(ccc32)[C@H](c2c(P)cc(C)cc2P)C4c2c(C)cc(C)cc2P)c(P)c1. The first-order valence-electron chi connectivity index (χ1n) is 31.9. The zero-order valence-electron chi connectivity index (χ0n) is 53.6. The van der Waals surface area contributed by atoms with E-state index in [1.807, 2.05) is 48.5 Å². The summed E-state index contributed by atoms with van der Waals surface area (Å²) < 4.78 is 17.8. The number of para-hydroxylation sites is 2. The molecule has 2 N–H and O–H groups in total. The van der Waals surface area contributed by atoms with E-state index in [-0.39, 0.29) is 23.3 Å². The molecule has 6 unspecified atom stereocenters. The normalized spacial score (nSPS) is 14.5. The minimum Gasteiger partial charge on any atom is -0.504 e. The maximum atomic E-state index is 12.9. The zero-order chi connectivity index (χ0) is 65.1. The van der Waals surface area contributed by atoms with E-state index in [2.05, 4.69) is 236 Å². The third kappa shape index (κ3) is 10.8. The van der Waals surface area contributed by atoms with Gasteiger partial charge < -0.3 is 19.7 Å².